The van der Waals surface area contributed by atoms with E-state index in [4.69, 9.17) is 11.6 Å². The van der Waals surface area contributed by atoms with Crippen LogP contribution in [-0.2, 0) is 4.79 Å². The molecule has 2 heterocycles. The molecule has 182 valence electrons. The zero-order valence-corrected chi connectivity index (χ0v) is 19.7. The number of hydrogen-bond acceptors (Lipinski definition) is 6. The highest BCUT2D eigenvalue weighted by Gasteiger charge is 2.33. The number of amides is 2. The van der Waals surface area contributed by atoms with Crippen LogP contribution in [-0.4, -0.2) is 45.0 Å². The third-order valence-electron chi connectivity index (χ3n) is 5.34. The highest BCUT2D eigenvalue weighted by molar-refractivity contribution is 8.05. The molecular formula is C22H19ClFN5O5S. The molecule has 0 radical (unpaired) electrons. The van der Waals surface area contributed by atoms with Crippen molar-refractivity contribution in [3.63, 3.8) is 0 Å². The van der Waals surface area contributed by atoms with Gasteiger partial charge in [-0.1, -0.05) is 17.7 Å². The maximum atomic E-state index is 14.2. The number of halogens is 2. The molecule has 0 aliphatic carbocycles. The number of carbonyl (C=O) groups excluding carboxylic acids is 1. The van der Waals surface area contributed by atoms with Gasteiger partial charge in [-0.2, -0.15) is 0 Å². The van der Waals surface area contributed by atoms with E-state index < -0.39 is 40.4 Å². The van der Waals surface area contributed by atoms with Crippen LogP contribution >= 0.6 is 23.4 Å². The van der Waals surface area contributed by atoms with Crippen LogP contribution in [0.2, 0.25) is 0 Å². The number of allylic oxidation sites excluding steroid dienone is 1. The highest BCUT2D eigenvalue weighted by Crippen LogP contribution is 2.36. The Morgan fingerprint density at radius 3 is 2.57 bits per heavy atom. The van der Waals surface area contributed by atoms with Crippen molar-refractivity contribution in [2.75, 3.05) is 17.7 Å². The number of aromatic amines is 1. The minimum Gasteiger partial charge on any atom is -0.480 e. The quantitative estimate of drug-likeness (QED) is 0.336. The molecule has 2 atom stereocenters. The predicted molar refractivity (Wildman–Crippen MR) is 133 cm³/mol. The number of nitrogens with zero attached hydrogens (tertiary/aromatic N) is 1. The number of H-pyrrole nitrogens is 1. The number of carboxylic acids is 1. The Labute approximate surface area is 206 Å². The van der Waals surface area contributed by atoms with Crippen LogP contribution in [0.5, 0.6) is 0 Å². The van der Waals surface area contributed by atoms with Gasteiger partial charge in [-0.3, -0.25) is 4.79 Å². The molecule has 2 amide bonds. The average Bonchev–Trinajstić information content (AvgIpc) is 3.24. The van der Waals surface area contributed by atoms with E-state index in [2.05, 4.69) is 20.9 Å². The van der Waals surface area contributed by atoms with Crippen LogP contribution in [0.15, 0.2) is 56.4 Å². The van der Waals surface area contributed by atoms with E-state index in [0.29, 0.717) is 16.5 Å². The van der Waals surface area contributed by atoms with Gasteiger partial charge in [-0.15, -0.1) is 11.8 Å². The molecule has 13 heteroatoms. The smallest absolute Gasteiger partial charge is 0.333 e. The molecule has 2 aromatic carbocycles. The van der Waals surface area contributed by atoms with Crippen molar-refractivity contribution in [1.29, 1.82) is 0 Å². The lowest BCUT2D eigenvalue weighted by molar-refractivity contribution is -0.139. The molecule has 10 nitrogen and oxygen atoms in total. The molecule has 0 spiro atoms. The first kappa shape index (κ1) is 24.4. The lowest BCUT2D eigenvalue weighted by Gasteiger charge is -2.20. The van der Waals surface area contributed by atoms with Gasteiger partial charge in [0.15, 0.2) is 0 Å². The second-order valence-corrected chi connectivity index (χ2v) is 9.47. The minimum atomic E-state index is -1.19. The Hall–Kier alpha value is -3.77. The van der Waals surface area contributed by atoms with Crippen LogP contribution in [0.25, 0.3) is 16.6 Å². The Bertz CT molecular complexity index is 1470. The summed E-state index contributed by atoms with van der Waals surface area (Å²) < 4.78 is 15.5. The van der Waals surface area contributed by atoms with Gasteiger partial charge in [0.25, 0.3) is 5.56 Å². The number of nitrogens with one attached hydrogen (secondary N) is 4. The molecule has 0 saturated heterocycles. The Morgan fingerprint density at radius 2 is 1.97 bits per heavy atom. The lowest BCUT2D eigenvalue weighted by atomic mass is 10.1. The van der Waals surface area contributed by atoms with Gasteiger partial charge in [-0.25, -0.2) is 23.3 Å². The molecular weight excluding hydrogens is 501 g/mol. The van der Waals surface area contributed by atoms with E-state index in [-0.39, 0.29) is 22.3 Å². The highest BCUT2D eigenvalue weighted by atomic mass is 35.5. The normalized spacial score (nSPS) is 16.0. The second-order valence-electron chi connectivity index (χ2n) is 7.56. The maximum absolute atomic E-state index is 14.2. The van der Waals surface area contributed by atoms with E-state index in [9.17, 15) is 28.7 Å². The number of urea groups is 1. The number of benzene rings is 2. The summed E-state index contributed by atoms with van der Waals surface area (Å²) >= 11 is 7.06. The number of aliphatic carboxylic acids is 1. The lowest BCUT2D eigenvalue weighted by Crippen LogP contribution is -2.48. The van der Waals surface area contributed by atoms with Crippen molar-refractivity contribution in [2.45, 2.75) is 17.7 Å². The number of hydrogen-bond donors (Lipinski definition) is 5. The number of fused-ring (bicyclic) bond motifs is 1. The molecule has 0 bridgehead atoms. The van der Waals surface area contributed by atoms with Crippen LogP contribution in [0.3, 0.4) is 0 Å². The summed E-state index contributed by atoms with van der Waals surface area (Å²) in [4.78, 5) is 52.0. The first-order chi connectivity index (χ1) is 16.7. The van der Waals surface area contributed by atoms with Gasteiger partial charge in [-0.05, 0) is 42.8 Å². The molecule has 2 unspecified atom stereocenters. The molecule has 4 rings (SSSR count). The van der Waals surface area contributed by atoms with Gasteiger partial charge >= 0.3 is 17.7 Å². The van der Waals surface area contributed by atoms with Crippen LogP contribution < -0.4 is 27.2 Å². The zero-order valence-electron chi connectivity index (χ0n) is 18.1. The van der Waals surface area contributed by atoms with Crippen molar-refractivity contribution in [3.8, 4) is 5.69 Å². The number of aromatic nitrogens is 2. The molecule has 35 heavy (non-hydrogen) atoms. The Morgan fingerprint density at radius 1 is 1.26 bits per heavy atom. The second kappa shape index (κ2) is 9.84. The van der Waals surface area contributed by atoms with Crippen LogP contribution in [0, 0.1) is 5.82 Å². The van der Waals surface area contributed by atoms with Crippen molar-refractivity contribution >= 4 is 57.6 Å². The third-order valence-corrected chi connectivity index (χ3v) is 6.92. The van der Waals surface area contributed by atoms with E-state index >= 15 is 0 Å². The van der Waals surface area contributed by atoms with E-state index in [1.165, 1.54) is 49.1 Å². The van der Waals surface area contributed by atoms with Crippen molar-refractivity contribution in [1.82, 2.24) is 14.9 Å². The minimum absolute atomic E-state index is 0.0123. The Kier molecular flexibility index (Phi) is 6.85. The Balaban J connectivity index is 1.54. The molecule has 0 saturated carbocycles. The first-order valence-electron chi connectivity index (χ1n) is 10.3. The summed E-state index contributed by atoms with van der Waals surface area (Å²) in [6.45, 7) is 0. The summed E-state index contributed by atoms with van der Waals surface area (Å²) in [7, 11) is 1.52. The summed E-state index contributed by atoms with van der Waals surface area (Å²) in [5.41, 5.74) is -0.638. The number of thioether (sulfide) groups is 1. The standard InChI is InChI=1S/C22H19ClFN5O5S/c1-25-15-9-14-12(8-13(15)24)19(30)29(22(34)27-14)11-4-2-10(3-5-11)26-21(33)28-18(20(31)32)16-6-7-17(23)35-16/h2-5,7-9,16,18,25H,6H2,1H3,(H,27,34)(H,31,32)(H2,26,28,33). The topological polar surface area (TPSA) is 145 Å². The fraction of sp³-hybridized carbons (Fsp3) is 0.182. The summed E-state index contributed by atoms with van der Waals surface area (Å²) in [5, 5.41) is 16.6. The number of rotatable bonds is 6. The molecule has 3 aromatic rings. The number of carboxylic acid groups (broad SMARTS) is 1. The van der Waals surface area contributed by atoms with Crippen molar-refractivity contribution in [3.05, 3.63) is 73.5 Å². The van der Waals surface area contributed by atoms with Gasteiger partial charge in [0.05, 0.1) is 26.6 Å². The SMILES string of the molecule is CNc1cc2[nH]c(=O)n(-c3ccc(NC(=O)NC(C(=O)O)C4CC=C(Cl)S4)cc3)c(=O)c2cc1F. The predicted octanol–water partition coefficient (Wildman–Crippen LogP) is 3.02. The third kappa shape index (κ3) is 5.03. The largest absolute Gasteiger partial charge is 0.480 e. The van der Waals surface area contributed by atoms with Gasteiger partial charge in [0, 0.05) is 18.0 Å². The van der Waals surface area contributed by atoms with E-state index in [1.807, 2.05) is 0 Å². The summed E-state index contributed by atoms with van der Waals surface area (Å²) in [5.74, 6) is -1.84. The molecule has 1 aliphatic heterocycles. The molecule has 0 fully saturated rings. The van der Waals surface area contributed by atoms with Gasteiger partial charge < -0.3 is 26.0 Å². The van der Waals surface area contributed by atoms with E-state index in [1.54, 1.807) is 6.08 Å². The fourth-order valence-corrected chi connectivity index (χ4v) is 5.06. The maximum Gasteiger partial charge on any atom is 0.333 e. The molecule has 1 aromatic heterocycles. The van der Waals surface area contributed by atoms with Gasteiger partial charge in [0.1, 0.15) is 11.9 Å². The molecule has 5 N–H and O–H groups in total. The molecule has 1 aliphatic rings. The van der Waals surface area contributed by atoms with Crippen LogP contribution in [0.4, 0.5) is 20.6 Å². The summed E-state index contributed by atoms with van der Waals surface area (Å²) in [6.07, 6.45) is 2.10. The van der Waals surface area contributed by atoms with E-state index in [0.717, 1.165) is 10.6 Å². The van der Waals surface area contributed by atoms with Gasteiger partial charge in [0.2, 0.25) is 0 Å². The zero-order chi connectivity index (χ0) is 25.3. The monoisotopic (exact) mass is 519 g/mol. The van der Waals surface area contributed by atoms with Crippen molar-refractivity contribution in [2.24, 2.45) is 0 Å². The van der Waals surface area contributed by atoms with Crippen LogP contribution in [0.1, 0.15) is 6.42 Å². The summed E-state index contributed by atoms with van der Waals surface area (Å²) in [6, 6.07) is 6.18. The van der Waals surface area contributed by atoms with Crippen molar-refractivity contribution < 1.29 is 19.1 Å². The fourth-order valence-electron chi connectivity index (χ4n) is 3.63. The average molecular weight is 520 g/mol. The number of carbonyl (C=O) groups is 2. The first-order valence-corrected chi connectivity index (χ1v) is 11.5. The number of anilines is 2.